The van der Waals surface area contributed by atoms with Gasteiger partial charge in [-0.15, -0.1) is 0 Å². The Morgan fingerprint density at radius 3 is 2.43 bits per heavy atom. The summed E-state index contributed by atoms with van der Waals surface area (Å²) < 4.78 is 42.7. The van der Waals surface area contributed by atoms with Crippen molar-refractivity contribution in [1.29, 1.82) is 0 Å². The van der Waals surface area contributed by atoms with Crippen molar-refractivity contribution in [2.75, 3.05) is 0 Å². The Labute approximate surface area is 264 Å². The maximum absolute atomic E-state index is 14.3. The summed E-state index contributed by atoms with van der Waals surface area (Å²) in [5.74, 6) is 1.32. The second-order valence-corrected chi connectivity index (χ2v) is 17.5. The molecule has 0 bridgehead atoms. The summed E-state index contributed by atoms with van der Waals surface area (Å²) >= 11 is 0. The van der Waals surface area contributed by atoms with Gasteiger partial charge in [-0.05, 0) is 134 Å². The standard InChI is InChI=1S/C38H51FO4S/c1-5-38(41)21-20-36(3)27(24-38)14-15-30-32-17-16-31(37(32,4)19-18-33(30)36)25(2)35(44(42,43)29-12-7-6-8-13-29)23-34(40)26-10-9-11-28(39)22-26/h6-14,22,25,30-35,40-41H,5,15-21,23-24H2,1-4H3/t25-,30-,31+,32-,33-,34-,35?,36-,37+,38-/m0/s1. The zero-order valence-electron chi connectivity index (χ0n) is 26.9. The van der Waals surface area contributed by atoms with E-state index in [1.165, 1.54) is 17.7 Å². The Bertz CT molecular complexity index is 1490. The van der Waals surface area contributed by atoms with Crippen molar-refractivity contribution >= 4 is 9.84 Å². The molecule has 6 rings (SSSR count). The van der Waals surface area contributed by atoms with E-state index in [0.717, 1.165) is 57.8 Å². The van der Waals surface area contributed by atoms with Crippen molar-refractivity contribution in [3.05, 3.63) is 77.6 Å². The third-order valence-corrected chi connectivity index (χ3v) is 15.7. The fourth-order valence-electron chi connectivity index (χ4n) is 10.7. The SMILES string of the molecule is CC[C@]1(O)CC[C@@]2(C)C(=CC[C@H]3[C@@H]4CC[C@H]([C@H](C)C(C[C@H](O)c5cccc(F)c5)S(=O)(=O)c5ccccc5)[C@@]4(C)CC[C@@H]32)C1. The highest BCUT2D eigenvalue weighted by molar-refractivity contribution is 7.92. The first kappa shape index (κ1) is 31.9. The van der Waals surface area contributed by atoms with Gasteiger partial charge in [-0.1, -0.05) is 69.7 Å². The van der Waals surface area contributed by atoms with Crippen molar-refractivity contribution in [3.8, 4) is 0 Å². The van der Waals surface area contributed by atoms with E-state index in [9.17, 15) is 23.0 Å². The van der Waals surface area contributed by atoms with Gasteiger partial charge in [-0.3, -0.25) is 0 Å². The van der Waals surface area contributed by atoms with Gasteiger partial charge in [0.15, 0.2) is 9.84 Å². The Morgan fingerprint density at radius 2 is 1.73 bits per heavy atom. The molecule has 1 unspecified atom stereocenters. The van der Waals surface area contributed by atoms with Crippen molar-refractivity contribution in [1.82, 2.24) is 0 Å². The molecular weight excluding hydrogens is 571 g/mol. The number of aliphatic hydroxyl groups is 2. The van der Waals surface area contributed by atoms with E-state index < -0.39 is 32.6 Å². The van der Waals surface area contributed by atoms with Gasteiger partial charge in [0.25, 0.3) is 0 Å². The first-order valence-corrected chi connectivity index (χ1v) is 18.5. The summed E-state index contributed by atoms with van der Waals surface area (Å²) in [4.78, 5) is 0.286. The van der Waals surface area contributed by atoms with Gasteiger partial charge in [0, 0.05) is 0 Å². The molecule has 4 nitrogen and oxygen atoms in total. The number of aliphatic hydroxyl groups excluding tert-OH is 1. The Morgan fingerprint density at radius 1 is 0.977 bits per heavy atom. The van der Waals surface area contributed by atoms with E-state index in [-0.39, 0.29) is 34.0 Å². The number of halogens is 1. The number of benzene rings is 2. The molecule has 4 aliphatic rings. The van der Waals surface area contributed by atoms with Crippen LogP contribution in [-0.4, -0.2) is 29.5 Å². The molecule has 0 spiro atoms. The lowest BCUT2D eigenvalue weighted by atomic mass is 9.46. The van der Waals surface area contributed by atoms with Crippen LogP contribution in [0.5, 0.6) is 0 Å². The summed E-state index contributed by atoms with van der Waals surface area (Å²) in [5.41, 5.74) is 1.49. The van der Waals surface area contributed by atoms with E-state index in [1.54, 1.807) is 36.4 Å². The monoisotopic (exact) mass is 622 g/mol. The average Bonchev–Trinajstić information content (AvgIpc) is 3.37. The summed E-state index contributed by atoms with van der Waals surface area (Å²) in [6.45, 7) is 9.08. The van der Waals surface area contributed by atoms with Gasteiger partial charge in [-0.2, -0.15) is 0 Å². The average molecular weight is 623 g/mol. The minimum Gasteiger partial charge on any atom is -0.390 e. The molecule has 2 aromatic rings. The van der Waals surface area contributed by atoms with Crippen LogP contribution in [0.25, 0.3) is 0 Å². The van der Waals surface area contributed by atoms with Crippen LogP contribution in [0.3, 0.4) is 0 Å². The third-order valence-electron chi connectivity index (χ3n) is 13.4. The van der Waals surface area contributed by atoms with Crippen LogP contribution in [0.1, 0.15) is 104 Å². The van der Waals surface area contributed by atoms with Crippen LogP contribution >= 0.6 is 0 Å². The highest BCUT2D eigenvalue weighted by Crippen LogP contribution is 2.68. The van der Waals surface area contributed by atoms with Crippen molar-refractivity contribution in [2.24, 2.45) is 40.4 Å². The van der Waals surface area contributed by atoms with E-state index in [2.05, 4.69) is 33.8 Å². The predicted molar refractivity (Wildman–Crippen MR) is 173 cm³/mol. The van der Waals surface area contributed by atoms with Crippen LogP contribution in [-0.2, 0) is 9.84 Å². The van der Waals surface area contributed by atoms with Crippen LogP contribution in [0, 0.1) is 46.2 Å². The number of hydrogen-bond donors (Lipinski definition) is 2. The zero-order valence-corrected chi connectivity index (χ0v) is 27.7. The van der Waals surface area contributed by atoms with Crippen LogP contribution < -0.4 is 0 Å². The first-order chi connectivity index (χ1) is 20.8. The van der Waals surface area contributed by atoms with Crippen molar-refractivity contribution < 1.29 is 23.0 Å². The maximum atomic E-state index is 14.3. The van der Waals surface area contributed by atoms with Gasteiger partial charge in [0.05, 0.1) is 21.9 Å². The third kappa shape index (κ3) is 5.31. The van der Waals surface area contributed by atoms with E-state index in [4.69, 9.17) is 0 Å². The highest BCUT2D eigenvalue weighted by atomic mass is 32.2. The molecular formula is C38H51FO4S. The second-order valence-electron chi connectivity index (χ2n) is 15.3. The fourth-order valence-corrected chi connectivity index (χ4v) is 12.7. The molecule has 0 aromatic heterocycles. The lowest BCUT2D eigenvalue weighted by molar-refractivity contribution is -0.0755. The Kier molecular flexibility index (Phi) is 8.46. The lowest BCUT2D eigenvalue weighted by Crippen LogP contribution is -2.53. The molecule has 0 saturated heterocycles. The number of hydrogen-bond acceptors (Lipinski definition) is 4. The first-order valence-electron chi connectivity index (χ1n) is 17.0. The minimum atomic E-state index is -3.77. The second kappa shape index (κ2) is 11.7. The smallest absolute Gasteiger partial charge is 0.181 e. The number of sulfone groups is 1. The predicted octanol–water partition coefficient (Wildman–Crippen LogP) is 8.45. The molecule has 2 aromatic carbocycles. The van der Waals surface area contributed by atoms with Gasteiger partial charge in [0.2, 0.25) is 0 Å². The Hall–Kier alpha value is -2.02. The van der Waals surface area contributed by atoms with E-state index >= 15 is 0 Å². The summed E-state index contributed by atoms with van der Waals surface area (Å²) in [6.07, 6.45) is 10.3. The molecule has 0 radical (unpaired) electrons. The van der Waals surface area contributed by atoms with Crippen LogP contribution in [0.4, 0.5) is 4.39 Å². The molecule has 2 N–H and O–H groups in total. The van der Waals surface area contributed by atoms with Gasteiger partial charge >= 0.3 is 0 Å². The minimum absolute atomic E-state index is 0.0232. The molecule has 6 heteroatoms. The van der Waals surface area contributed by atoms with Gasteiger partial charge in [-0.25, -0.2) is 12.8 Å². The summed E-state index contributed by atoms with van der Waals surface area (Å²) in [6, 6.07) is 14.5. The van der Waals surface area contributed by atoms with Gasteiger partial charge in [0.1, 0.15) is 5.82 Å². The molecule has 3 fully saturated rings. The molecule has 0 aliphatic heterocycles. The molecule has 4 aliphatic carbocycles. The van der Waals surface area contributed by atoms with E-state index in [1.807, 2.05) is 6.07 Å². The lowest BCUT2D eigenvalue weighted by Gasteiger charge is -2.59. The zero-order chi connectivity index (χ0) is 31.5. The fraction of sp³-hybridized carbons (Fsp3) is 0.632. The van der Waals surface area contributed by atoms with Crippen molar-refractivity contribution in [3.63, 3.8) is 0 Å². The molecule has 240 valence electrons. The highest BCUT2D eigenvalue weighted by Gasteiger charge is 2.61. The quantitative estimate of drug-likeness (QED) is 0.290. The number of rotatable bonds is 8. The molecule has 0 amide bonds. The maximum Gasteiger partial charge on any atom is 0.181 e. The van der Waals surface area contributed by atoms with Gasteiger partial charge < -0.3 is 10.2 Å². The molecule has 44 heavy (non-hydrogen) atoms. The van der Waals surface area contributed by atoms with Crippen LogP contribution in [0.2, 0.25) is 0 Å². The van der Waals surface area contributed by atoms with Crippen LogP contribution in [0.15, 0.2) is 71.1 Å². The van der Waals surface area contributed by atoms with Crippen molar-refractivity contribution in [2.45, 2.75) is 114 Å². The van der Waals surface area contributed by atoms with E-state index in [0.29, 0.717) is 23.3 Å². The number of fused-ring (bicyclic) bond motifs is 5. The molecule has 0 heterocycles. The largest absolute Gasteiger partial charge is 0.390 e. The summed E-state index contributed by atoms with van der Waals surface area (Å²) in [7, 11) is -3.77. The molecule has 10 atom stereocenters. The topological polar surface area (TPSA) is 74.6 Å². The number of allylic oxidation sites excluding steroid dienone is 1. The summed E-state index contributed by atoms with van der Waals surface area (Å²) in [5, 5.41) is 21.7. The molecule has 3 saturated carbocycles. The normalized spacial score (nSPS) is 37.2. The Balaban J connectivity index is 1.30.